The van der Waals surface area contributed by atoms with E-state index in [2.05, 4.69) is 0 Å². The van der Waals surface area contributed by atoms with Crippen LogP contribution in [0.4, 0.5) is 0 Å². The number of aliphatic hydroxyl groups excluding tert-OH is 1. The summed E-state index contributed by atoms with van der Waals surface area (Å²) in [5.41, 5.74) is 16.3. The number of hydrogen-bond donors (Lipinski definition) is 5. The maximum absolute atomic E-state index is 11.5. The molecule has 0 saturated heterocycles. The van der Waals surface area contributed by atoms with Gasteiger partial charge in [-0.15, -0.1) is 0 Å². The topological polar surface area (TPSA) is 153 Å². The van der Waals surface area contributed by atoms with Gasteiger partial charge in [-0.3, -0.25) is 9.59 Å². The molecule has 0 aliphatic rings. The molecule has 7 heteroatoms. The number of rotatable bonds is 8. The van der Waals surface area contributed by atoms with Crippen LogP contribution >= 0.6 is 0 Å². The van der Waals surface area contributed by atoms with E-state index in [4.69, 9.17) is 27.4 Å². The van der Waals surface area contributed by atoms with E-state index in [9.17, 15) is 9.59 Å². The molecule has 0 aliphatic heterocycles. The molecular weight excluding hydrogens is 226 g/mol. The number of aliphatic carboxylic acids is 1. The van der Waals surface area contributed by atoms with Crippen LogP contribution in [-0.2, 0) is 9.59 Å². The summed E-state index contributed by atoms with van der Waals surface area (Å²) in [5, 5.41) is 17.7. The zero-order valence-corrected chi connectivity index (χ0v) is 9.87. The van der Waals surface area contributed by atoms with Crippen molar-refractivity contribution in [2.75, 3.05) is 0 Å². The van der Waals surface area contributed by atoms with Gasteiger partial charge >= 0.3 is 5.97 Å². The van der Waals surface area contributed by atoms with Gasteiger partial charge in [0.25, 0.3) is 0 Å². The minimum atomic E-state index is -1.08. The van der Waals surface area contributed by atoms with Crippen LogP contribution in [0.2, 0.25) is 0 Å². The molecule has 0 rings (SSSR count). The zero-order chi connectivity index (χ0) is 13.6. The first-order chi connectivity index (χ1) is 7.77. The van der Waals surface area contributed by atoms with Gasteiger partial charge in [-0.1, -0.05) is 0 Å². The fourth-order valence-electron chi connectivity index (χ4n) is 1.31. The number of ketones is 1. The summed E-state index contributed by atoms with van der Waals surface area (Å²) in [6.07, 6.45) is 0.0303. The third kappa shape index (κ3) is 5.73. The van der Waals surface area contributed by atoms with E-state index in [0.29, 0.717) is 12.8 Å². The Hall–Kier alpha value is -1.02. The summed E-state index contributed by atoms with van der Waals surface area (Å²) in [5.74, 6) is -1.51. The third-order valence-electron chi connectivity index (χ3n) is 2.56. The highest BCUT2D eigenvalue weighted by Crippen LogP contribution is 2.05. The maximum Gasteiger partial charge on any atom is 0.320 e. The number of carbonyl (C=O) groups excluding carboxylic acids is 1. The van der Waals surface area contributed by atoms with Crippen LogP contribution in [0.5, 0.6) is 0 Å². The van der Waals surface area contributed by atoms with Gasteiger partial charge in [0.05, 0.1) is 18.2 Å². The van der Waals surface area contributed by atoms with E-state index in [-0.39, 0.29) is 6.42 Å². The first kappa shape index (κ1) is 16.0. The molecule has 0 amide bonds. The average molecular weight is 247 g/mol. The summed E-state index contributed by atoms with van der Waals surface area (Å²) in [4.78, 5) is 22.0. The van der Waals surface area contributed by atoms with Gasteiger partial charge in [0.15, 0.2) is 5.78 Å². The lowest BCUT2D eigenvalue weighted by Gasteiger charge is -2.18. The zero-order valence-electron chi connectivity index (χ0n) is 9.87. The molecule has 100 valence electrons. The quantitative estimate of drug-likeness (QED) is 0.338. The van der Waals surface area contributed by atoms with E-state index >= 15 is 0 Å². The number of carbonyl (C=O) groups is 2. The van der Waals surface area contributed by atoms with Gasteiger partial charge in [0.1, 0.15) is 6.04 Å². The Kier molecular flexibility index (Phi) is 6.89. The van der Waals surface area contributed by atoms with E-state index < -0.39 is 36.0 Å². The molecule has 0 fully saturated rings. The van der Waals surface area contributed by atoms with Gasteiger partial charge in [0, 0.05) is 0 Å². The minimum Gasteiger partial charge on any atom is -0.480 e. The Morgan fingerprint density at radius 3 is 2.00 bits per heavy atom. The second-order valence-corrected chi connectivity index (χ2v) is 4.15. The summed E-state index contributed by atoms with van der Waals surface area (Å²) in [6.45, 7) is 1.41. The first-order valence-electron chi connectivity index (χ1n) is 5.48. The monoisotopic (exact) mass is 247 g/mol. The Balaban J connectivity index is 3.98. The largest absolute Gasteiger partial charge is 0.480 e. The molecule has 1 unspecified atom stereocenters. The van der Waals surface area contributed by atoms with Crippen molar-refractivity contribution in [1.82, 2.24) is 0 Å². The Morgan fingerprint density at radius 1 is 1.12 bits per heavy atom. The fourth-order valence-corrected chi connectivity index (χ4v) is 1.31. The highest BCUT2D eigenvalue weighted by Gasteiger charge is 2.24. The van der Waals surface area contributed by atoms with E-state index in [1.54, 1.807) is 0 Å². The van der Waals surface area contributed by atoms with E-state index in [1.165, 1.54) is 6.92 Å². The lowest BCUT2D eigenvalue weighted by molar-refractivity contribution is -0.138. The molecule has 7 nitrogen and oxygen atoms in total. The molecular formula is C10H21N3O4. The van der Waals surface area contributed by atoms with Crippen molar-refractivity contribution in [1.29, 1.82) is 0 Å². The summed E-state index contributed by atoms with van der Waals surface area (Å²) in [7, 11) is 0. The Labute approximate surface area is 100.0 Å². The second-order valence-electron chi connectivity index (χ2n) is 4.15. The van der Waals surface area contributed by atoms with Crippen molar-refractivity contribution in [3.63, 3.8) is 0 Å². The predicted molar refractivity (Wildman–Crippen MR) is 62.1 cm³/mol. The molecule has 4 atom stereocenters. The number of carboxylic acid groups (broad SMARTS) is 1. The van der Waals surface area contributed by atoms with Gasteiger partial charge in [0.2, 0.25) is 0 Å². The lowest BCUT2D eigenvalue weighted by atomic mass is 9.97. The normalized spacial score (nSPS) is 18.2. The molecule has 17 heavy (non-hydrogen) atoms. The molecule has 0 saturated carbocycles. The third-order valence-corrected chi connectivity index (χ3v) is 2.56. The van der Waals surface area contributed by atoms with Crippen LogP contribution in [-0.4, -0.2) is 46.2 Å². The number of Topliss-reactive ketones (excluding diaryl/α,β-unsaturated/α-hetero) is 1. The molecule has 0 aliphatic carbocycles. The van der Waals surface area contributed by atoms with Crippen LogP contribution in [0.3, 0.4) is 0 Å². The van der Waals surface area contributed by atoms with Crippen LogP contribution in [0.25, 0.3) is 0 Å². The minimum absolute atomic E-state index is 0.250. The SMILES string of the molecule is C[C@@H](O)[C@H](N)C(=O)C(N)CCC[C@H](N)C(=O)O. The number of hydrogen-bond acceptors (Lipinski definition) is 6. The highest BCUT2D eigenvalue weighted by molar-refractivity contribution is 5.89. The molecule has 0 aromatic heterocycles. The van der Waals surface area contributed by atoms with Crippen molar-refractivity contribution in [2.45, 2.75) is 50.4 Å². The summed E-state index contributed by atoms with van der Waals surface area (Å²) in [6, 6.07) is -2.73. The smallest absolute Gasteiger partial charge is 0.320 e. The van der Waals surface area contributed by atoms with Crippen molar-refractivity contribution in [3.05, 3.63) is 0 Å². The summed E-state index contributed by atoms with van der Waals surface area (Å²) >= 11 is 0. The van der Waals surface area contributed by atoms with Crippen molar-refractivity contribution >= 4 is 11.8 Å². The number of nitrogens with two attached hydrogens (primary N) is 3. The van der Waals surface area contributed by atoms with E-state index in [1.807, 2.05) is 0 Å². The number of aliphatic hydroxyl groups is 1. The molecule has 8 N–H and O–H groups in total. The van der Waals surface area contributed by atoms with Gasteiger partial charge < -0.3 is 27.4 Å². The highest BCUT2D eigenvalue weighted by atomic mass is 16.4. The Morgan fingerprint density at radius 2 is 1.59 bits per heavy atom. The van der Waals surface area contributed by atoms with E-state index in [0.717, 1.165) is 0 Å². The average Bonchev–Trinajstić information content (AvgIpc) is 2.26. The fraction of sp³-hybridized carbons (Fsp3) is 0.800. The standard InChI is InChI=1S/C10H21N3O4/c1-5(14)8(13)9(15)6(11)3-2-4-7(12)10(16)17/h5-8,14H,2-4,11-13H2,1H3,(H,16,17)/t5-,6?,7+,8+/m1/s1. The lowest BCUT2D eigenvalue weighted by Crippen LogP contribution is -2.48. The Bertz CT molecular complexity index is 270. The van der Waals surface area contributed by atoms with Crippen molar-refractivity contribution < 1.29 is 19.8 Å². The van der Waals surface area contributed by atoms with Gasteiger partial charge in [-0.25, -0.2) is 0 Å². The van der Waals surface area contributed by atoms with Crippen LogP contribution in [0.15, 0.2) is 0 Å². The molecule has 0 bridgehead atoms. The van der Waals surface area contributed by atoms with Crippen LogP contribution in [0, 0.1) is 0 Å². The van der Waals surface area contributed by atoms with Crippen molar-refractivity contribution in [3.8, 4) is 0 Å². The second kappa shape index (κ2) is 7.33. The maximum atomic E-state index is 11.5. The first-order valence-corrected chi connectivity index (χ1v) is 5.48. The molecule has 0 heterocycles. The van der Waals surface area contributed by atoms with Gasteiger partial charge in [-0.05, 0) is 26.2 Å². The molecule has 0 spiro atoms. The summed E-state index contributed by atoms with van der Waals surface area (Å²) < 4.78 is 0. The van der Waals surface area contributed by atoms with Gasteiger partial charge in [-0.2, -0.15) is 0 Å². The van der Waals surface area contributed by atoms with Crippen LogP contribution in [0.1, 0.15) is 26.2 Å². The predicted octanol–water partition coefficient (Wildman–Crippen LogP) is -1.83. The molecule has 0 aromatic rings. The number of carboxylic acids is 1. The molecule has 0 aromatic carbocycles. The molecule has 0 radical (unpaired) electrons. The van der Waals surface area contributed by atoms with Crippen LogP contribution < -0.4 is 17.2 Å². The van der Waals surface area contributed by atoms with Crippen molar-refractivity contribution in [2.24, 2.45) is 17.2 Å².